The van der Waals surface area contributed by atoms with Gasteiger partial charge >= 0.3 is 0 Å². The number of fused-ring (bicyclic) bond motifs is 2. The van der Waals surface area contributed by atoms with Crippen molar-refractivity contribution in [2.45, 2.75) is 51.1 Å². The van der Waals surface area contributed by atoms with Gasteiger partial charge < -0.3 is 15.0 Å². The van der Waals surface area contributed by atoms with Gasteiger partial charge in [-0.05, 0) is 56.8 Å². The molecule has 2 atom stereocenters. The first kappa shape index (κ1) is 15.3. The highest BCUT2D eigenvalue weighted by molar-refractivity contribution is 5.77. The van der Waals surface area contributed by atoms with E-state index in [1.165, 1.54) is 12.0 Å². The van der Waals surface area contributed by atoms with Gasteiger partial charge in [0, 0.05) is 25.0 Å². The monoisotopic (exact) mass is 302 g/mol. The van der Waals surface area contributed by atoms with E-state index >= 15 is 0 Å². The summed E-state index contributed by atoms with van der Waals surface area (Å²) in [4.78, 5) is 14.7. The standard InChI is InChI=1S/C18H26N2O2/c1-14-4-2-5-17(12-14)22-11-3-6-18(21)20-15-7-8-16(20)13-19-10-9-15/h2,4-5,12,15-16,19H,3,6-11,13H2,1H3. The molecule has 4 heteroatoms. The third-order valence-electron chi connectivity index (χ3n) is 4.74. The van der Waals surface area contributed by atoms with Crippen molar-refractivity contribution in [2.75, 3.05) is 19.7 Å². The van der Waals surface area contributed by atoms with Gasteiger partial charge in [-0.15, -0.1) is 0 Å². The molecule has 2 unspecified atom stereocenters. The van der Waals surface area contributed by atoms with E-state index in [0.717, 1.165) is 38.1 Å². The maximum atomic E-state index is 12.5. The summed E-state index contributed by atoms with van der Waals surface area (Å²) in [5.41, 5.74) is 1.20. The molecule has 0 aliphatic carbocycles. The summed E-state index contributed by atoms with van der Waals surface area (Å²) in [6.45, 7) is 4.67. The van der Waals surface area contributed by atoms with Crippen LogP contribution in [0.1, 0.15) is 37.7 Å². The molecule has 2 bridgehead atoms. The Morgan fingerprint density at radius 1 is 1.32 bits per heavy atom. The van der Waals surface area contributed by atoms with Crippen LogP contribution in [0.3, 0.4) is 0 Å². The van der Waals surface area contributed by atoms with Gasteiger partial charge in [0.05, 0.1) is 6.61 Å². The lowest BCUT2D eigenvalue weighted by atomic mass is 10.1. The van der Waals surface area contributed by atoms with E-state index in [-0.39, 0.29) is 0 Å². The molecule has 1 amide bonds. The summed E-state index contributed by atoms with van der Waals surface area (Å²) in [5.74, 6) is 1.20. The summed E-state index contributed by atoms with van der Waals surface area (Å²) in [5, 5.41) is 3.44. The molecule has 3 rings (SSSR count). The van der Waals surface area contributed by atoms with E-state index in [0.29, 0.717) is 31.0 Å². The van der Waals surface area contributed by atoms with E-state index in [9.17, 15) is 4.79 Å². The predicted octanol–water partition coefficient (Wildman–Crippen LogP) is 2.51. The molecule has 120 valence electrons. The van der Waals surface area contributed by atoms with Crippen LogP contribution in [0.2, 0.25) is 0 Å². The number of carbonyl (C=O) groups is 1. The zero-order chi connectivity index (χ0) is 15.4. The lowest BCUT2D eigenvalue weighted by Crippen LogP contribution is -2.42. The number of nitrogens with zero attached hydrogens (tertiary/aromatic N) is 1. The van der Waals surface area contributed by atoms with Crippen molar-refractivity contribution in [2.24, 2.45) is 0 Å². The Morgan fingerprint density at radius 3 is 3.05 bits per heavy atom. The molecule has 4 nitrogen and oxygen atoms in total. The van der Waals surface area contributed by atoms with Crippen LogP contribution in [0.4, 0.5) is 0 Å². The number of aryl methyl sites for hydroxylation is 1. The van der Waals surface area contributed by atoms with Crippen LogP contribution in [0.5, 0.6) is 5.75 Å². The molecule has 2 aliphatic rings. The third-order valence-corrected chi connectivity index (χ3v) is 4.74. The average Bonchev–Trinajstić information content (AvgIpc) is 2.77. The zero-order valence-electron chi connectivity index (χ0n) is 13.4. The molecule has 22 heavy (non-hydrogen) atoms. The smallest absolute Gasteiger partial charge is 0.223 e. The van der Waals surface area contributed by atoms with Crippen LogP contribution in [0.15, 0.2) is 24.3 Å². The van der Waals surface area contributed by atoms with Gasteiger partial charge in [-0.2, -0.15) is 0 Å². The molecular formula is C18H26N2O2. The molecule has 1 aromatic carbocycles. The number of hydrogen-bond donors (Lipinski definition) is 1. The van der Waals surface area contributed by atoms with Gasteiger partial charge in [0.2, 0.25) is 5.91 Å². The van der Waals surface area contributed by atoms with Crippen molar-refractivity contribution >= 4 is 5.91 Å². The molecule has 0 aromatic heterocycles. The van der Waals surface area contributed by atoms with E-state index < -0.39 is 0 Å². The van der Waals surface area contributed by atoms with Crippen LogP contribution < -0.4 is 10.1 Å². The molecular weight excluding hydrogens is 276 g/mol. The normalized spacial score (nSPS) is 24.1. The molecule has 0 spiro atoms. The van der Waals surface area contributed by atoms with Crippen molar-refractivity contribution < 1.29 is 9.53 Å². The SMILES string of the molecule is Cc1cccc(OCCCC(=O)N2C3CCNCC2CC3)c1. The van der Waals surface area contributed by atoms with Crippen LogP contribution in [0.25, 0.3) is 0 Å². The summed E-state index contributed by atoms with van der Waals surface area (Å²) >= 11 is 0. The van der Waals surface area contributed by atoms with E-state index in [1.807, 2.05) is 18.2 Å². The number of nitrogens with one attached hydrogen (secondary N) is 1. The quantitative estimate of drug-likeness (QED) is 0.850. The average molecular weight is 302 g/mol. The van der Waals surface area contributed by atoms with Crippen molar-refractivity contribution in [3.05, 3.63) is 29.8 Å². The van der Waals surface area contributed by atoms with Crippen molar-refractivity contribution in [3.63, 3.8) is 0 Å². The first-order valence-corrected chi connectivity index (χ1v) is 8.45. The molecule has 2 fully saturated rings. The first-order chi connectivity index (χ1) is 10.7. The molecule has 2 saturated heterocycles. The number of benzene rings is 1. The second-order valence-corrected chi connectivity index (χ2v) is 6.45. The molecule has 1 N–H and O–H groups in total. The van der Waals surface area contributed by atoms with Gasteiger partial charge in [-0.1, -0.05) is 12.1 Å². The summed E-state index contributed by atoms with van der Waals surface area (Å²) in [6, 6.07) is 8.93. The topological polar surface area (TPSA) is 41.6 Å². The minimum Gasteiger partial charge on any atom is -0.494 e. The van der Waals surface area contributed by atoms with E-state index in [4.69, 9.17) is 4.74 Å². The van der Waals surface area contributed by atoms with Gasteiger partial charge in [-0.25, -0.2) is 0 Å². The summed E-state index contributed by atoms with van der Waals surface area (Å²) < 4.78 is 5.74. The van der Waals surface area contributed by atoms with E-state index in [2.05, 4.69) is 23.2 Å². The van der Waals surface area contributed by atoms with Gasteiger partial charge in [-0.3, -0.25) is 4.79 Å². The van der Waals surface area contributed by atoms with Crippen LogP contribution in [0, 0.1) is 6.92 Å². The fraction of sp³-hybridized carbons (Fsp3) is 0.611. The van der Waals surface area contributed by atoms with Crippen molar-refractivity contribution in [1.82, 2.24) is 10.2 Å². The lowest BCUT2D eigenvalue weighted by molar-refractivity contribution is -0.134. The Labute approximate surface area is 132 Å². The lowest BCUT2D eigenvalue weighted by Gasteiger charge is -2.28. The predicted molar refractivity (Wildman–Crippen MR) is 87.1 cm³/mol. The Kier molecular flexibility index (Phi) is 4.98. The number of hydrogen-bond acceptors (Lipinski definition) is 3. The third kappa shape index (κ3) is 3.61. The fourth-order valence-electron chi connectivity index (χ4n) is 3.64. The van der Waals surface area contributed by atoms with Gasteiger partial charge in [0.15, 0.2) is 0 Å². The van der Waals surface area contributed by atoms with E-state index in [1.54, 1.807) is 0 Å². The second kappa shape index (κ2) is 7.14. The number of rotatable bonds is 5. The number of ether oxygens (including phenoxy) is 1. The molecule has 0 radical (unpaired) electrons. The molecule has 2 heterocycles. The largest absolute Gasteiger partial charge is 0.494 e. The minimum absolute atomic E-state index is 0.309. The Morgan fingerprint density at radius 2 is 2.18 bits per heavy atom. The summed E-state index contributed by atoms with van der Waals surface area (Å²) in [7, 11) is 0. The minimum atomic E-state index is 0.309. The van der Waals surface area contributed by atoms with Crippen LogP contribution >= 0.6 is 0 Å². The molecule has 2 aliphatic heterocycles. The van der Waals surface area contributed by atoms with Crippen LogP contribution in [-0.4, -0.2) is 42.6 Å². The van der Waals surface area contributed by atoms with Gasteiger partial charge in [0.1, 0.15) is 5.75 Å². The first-order valence-electron chi connectivity index (χ1n) is 8.45. The highest BCUT2D eigenvalue weighted by Gasteiger charge is 2.37. The fourth-order valence-corrected chi connectivity index (χ4v) is 3.64. The zero-order valence-corrected chi connectivity index (χ0v) is 13.4. The highest BCUT2D eigenvalue weighted by atomic mass is 16.5. The second-order valence-electron chi connectivity index (χ2n) is 6.45. The van der Waals surface area contributed by atoms with Crippen molar-refractivity contribution in [1.29, 1.82) is 0 Å². The Bertz CT molecular complexity index is 504. The molecule has 1 aromatic rings. The maximum Gasteiger partial charge on any atom is 0.223 e. The highest BCUT2D eigenvalue weighted by Crippen LogP contribution is 2.28. The molecule has 0 saturated carbocycles. The van der Waals surface area contributed by atoms with Crippen LogP contribution in [-0.2, 0) is 4.79 Å². The summed E-state index contributed by atoms with van der Waals surface area (Å²) in [6.07, 6.45) is 4.82. The Hall–Kier alpha value is -1.55. The van der Waals surface area contributed by atoms with Crippen molar-refractivity contribution in [3.8, 4) is 5.75 Å². The van der Waals surface area contributed by atoms with Gasteiger partial charge in [0.25, 0.3) is 0 Å². The maximum absolute atomic E-state index is 12.5. The number of amides is 1. The Balaban J connectivity index is 1.44. The number of carbonyl (C=O) groups excluding carboxylic acids is 1.